The lowest BCUT2D eigenvalue weighted by atomic mass is 9.77. The minimum atomic E-state index is -0.524. The molecule has 1 saturated carbocycles. The van der Waals surface area contributed by atoms with Gasteiger partial charge in [-0.05, 0) is 60.8 Å². The first-order chi connectivity index (χ1) is 12.6. The first-order valence-corrected chi connectivity index (χ1v) is 9.60. The summed E-state index contributed by atoms with van der Waals surface area (Å²) in [5.74, 6) is 0.604. The molecule has 0 unspecified atom stereocenters. The average molecular weight is 354 g/mol. The van der Waals surface area contributed by atoms with Crippen molar-refractivity contribution < 1.29 is 13.9 Å². The van der Waals surface area contributed by atoms with E-state index in [1.165, 1.54) is 57.3 Å². The third-order valence-electron chi connectivity index (χ3n) is 5.63. The second-order valence-electron chi connectivity index (χ2n) is 7.31. The highest BCUT2D eigenvalue weighted by Gasteiger charge is 2.22. The van der Waals surface area contributed by atoms with Crippen LogP contribution in [-0.4, -0.2) is 13.1 Å². The van der Waals surface area contributed by atoms with Crippen molar-refractivity contribution in [3.05, 3.63) is 59.4 Å². The molecule has 0 saturated heterocycles. The highest BCUT2D eigenvalue weighted by molar-refractivity contribution is 5.90. The lowest BCUT2D eigenvalue weighted by Gasteiger charge is -2.28. The Bertz CT molecular complexity index is 743. The van der Waals surface area contributed by atoms with Crippen LogP contribution in [0.2, 0.25) is 0 Å². The summed E-state index contributed by atoms with van der Waals surface area (Å²) < 4.78 is 19.0. The maximum absolute atomic E-state index is 14.4. The molecule has 0 heterocycles. The number of esters is 1. The molecule has 3 rings (SSSR count). The smallest absolute Gasteiger partial charge is 0.337 e. The number of benzene rings is 2. The third kappa shape index (κ3) is 4.14. The Morgan fingerprint density at radius 1 is 1.08 bits per heavy atom. The van der Waals surface area contributed by atoms with E-state index in [0.29, 0.717) is 11.5 Å². The Hall–Kier alpha value is -2.16. The van der Waals surface area contributed by atoms with Crippen molar-refractivity contribution in [3.8, 4) is 11.1 Å². The molecule has 0 bridgehead atoms. The largest absolute Gasteiger partial charge is 0.465 e. The van der Waals surface area contributed by atoms with Gasteiger partial charge in [0.25, 0.3) is 0 Å². The van der Waals surface area contributed by atoms with Crippen molar-refractivity contribution in [1.82, 2.24) is 0 Å². The van der Waals surface area contributed by atoms with Crippen LogP contribution in [0.15, 0.2) is 42.5 Å². The molecular weight excluding hydrogens is 327 g/mol. The monoisotopic (exact) mass is 354 g/mol. The molecule has 1 aliphatic carbocycles. The molecule has 0 aliphatic heterocycles. The van der Waals surface area contributed by atoms with Gasteiger partial charge in [0.05, 0.1) is 12.7 Å². The number of rotatable bonds is 5. The molecule has 0 aromatic heterocycles. The van der Waals surface area contributed by atoms with Crippen LogP contribution in [0.5, 0.6) is 0 Å². The predicted octanol–water partition coefficient (Wildman–Crippen LogP) is 6.35. The third-order valence-corrected chi connectivity index (χ3v) is 5.63. The van der Waals surface area contributed by atoms with Gasteiger partial charge in [0.2, 0.25) is 0 Å². The van der Waals surface area contributed by atoms with E-state index < -0.39 is 11.8 Å². The Morgan fingerprint density at radius 3 is 2.35 bits per heavy atom. The zero-order valence-corrected chi connectivity index (χ0v) is 15.6. The number of methoxy groups -OCH3 is 1. The van der Waals surface area contributed by atoms with Gasteiger partial charge >= 0.3 is 5.97 Å². The Morgan fingerprint density at radius 2 is 1.77 bits per heavy atom. The molecule has 138 valence electrons. The summed E-state index contributed by atoms with van der Waals surface area (Å²) in [5, 5.41) is 0. The quantitative estimate of drug-likeness (QED) is 0.585. The van der Waals surface area contributed by atoms with Crippen molar-refractivity contribution in [2.24, 2.45) is 5.92 Å². The highest BCUT2D eigenvalue weighted by Crippen LogP contribution is 2.38. The minimum Gasteiger partial charge on any atom is -0.465 e. The van der Waals surface area contributed by atoms with Crippen LogP contribution in [0.25, 0.3) is 11.1 Å². The summed E-state index contributed by atoms with van der Waals surface area (Å²) in [7, 11) is 1.29. The molecular formula is C23H27FO2. The fourth-order valence-electron chi connectivity index (χ4n) is 4.12. The molecule has 2 aromatic rings. The molecule has 26 heavy (non-hydrogen) atoms. The Balaban J connectivity index is 1.71. The van der Waals surface area contributed by atoms with Crippen LogP contribution in [-0.2, 0) is 4.74 Å². The van der Waals surface area contributed by atoms with Gasteiger partial charge in [-0.1, -0.05) is 50.1 Å². The standard InChI is InChI=1S/C23H27FO2/c1-3-4-16-5-7-17(8-6-16)18-9-11-19(12-10-18)21-14-13-20(15-22(21)24)23(25)26-2/h9-17H,3-8H2,1-2H3. The van der Waals surface area contributed by atoms with E-state index in [-0.39, 0.29) is 5.56 Å². The van der Waals surface area contributed by atoms with Crippen molar-refractivity contribution in [3.63, 3.8) is 0 Å². The number of ether oxygens (including phenoxy) is 1. The predicted molar refractivity (Wildman–Crippen MR) is 103 cm³/mol. The van der Waals surface area contributed by atoms with Crippen molar-refractivity contribution in [1.29, 1.82) is 0 Å². The maximum atomic E-state index is 14.4. The van der Waals surface area contributed by atoms with E-state index in [9.17, 15) is 9.18 Å². The maximum Gasteiger partial charge on any atom is 0.337 e. The van der Waals surface area contributed by atoms with Gasteiger partial charge in [0.15, 0.2) is 0 Å². The molecule has 2 aromatic carbocycles. The van der Waals surface area contributed by atoms with Crippen molar-refractivity contribution >= 4 is 5.97 Å². The summed E-state index contributed by atoms with van der Waals surface area (Å²) >= 11 is 0. The SMILES string of the molecule is CCCC1CCC(c2ccc(-c3ccc(C(=O)OC)cc3F)cc2)CC1. The molecule has 0 radical (unpaired) electrons. The number of carbonyl (C=O) groups is 1. The van der Waals surface area contributed by atoms with Crippen LogP contribution in [0.3, 0.4) is 0 Å². The van der Waals surface area contributed by atoms with E-state index in [4.69, 9.17) is 0 Å². The first kappa shape index (κ1) is 18.6. The minimum absolute atomic E-state index is 0.231. The zero-order valence-electron chi connectivity index (χ0n) is 15.6. The van der Waals surface area contributed by atoms with E-state index in [2.05, 4.69) is 23.8 Å². The summed E-state index contributed by atoms with van der Waals surface area (Å²) in [4.78, 5) is 11.5. The average Bonchev–Trinajstić information content (AvgIpc) is 2.68. The highest BCUT2D eigenvalue weighted by atomic mass is 19.1. The van der Waals surface area contributed by atoms with E-state index in [0.717, 1.165) is 11.5 Å². The molecule has 2 nitrogen and oxygen atoms in total. The van der Waals surface area contributed by atoms with Crippen LogP contribution >= 0.6 is 0 Å². The van der Waals surface area contributed by atoms with Crippen LogP contribution in [0.4, 0.5) is 4.39 Å². The van der Waals surface area contributed by atoms with Gasteiger partial charge in [0.1, 0.15) is 5.82 Å². The van der Waals surface area contributed by atoms with Crippen LogP contribution in [0.1, 0.15) is 67.3 Å². The van der Waals surface area contributed by atoms with E-state index >= 15 is 0 Å². The van der Waals surface area contributed by atoms with Crippen LogP contribution in [0, 0.1) is 11.7 Å². The van der Waals surface area contributed by atoms with Crippen molar-refractivity contribution in [2.45, 2.75) is 51.4 Å². The number of hydrogen-bond donors (Lipinski definition) is 0. The Kier molecular flexibility index (Phi) is 6.08. The van der Waals surface area contributed by atoms with E-state index in [1.807, 2.05) is 12.1 Å². The molecule has 1 aliphatic rings. The summed E-state index contributed by atoms with van der Waals surface area (Å²) in [6.07, 6.45) is 7.79. The van der Waals surface area contributed by atoms with Gasteiger partial charge in [0, 0.05) is 5.56 Å². The van der Waals surface area contributed by atoms with Gasteiger partial charge in [-0.3, -0.25) is 0 Å². The summed E-state index contributed by atoms with van der Waals surface area (Å²) in [6.45, 7) is 2.27. The van der Waals surface area contributed by atoms with Gasteiger partial charge in [-0.25, -0.2) is 9.18 Å². The Labute approximate surface area is 155 Å². The topological polar surface area (TPSA) is 26.3 Å². The molecule has 0 amide bonds. The molecule has 3 heteroatoms. The van der Waals surface area contributed by atoms with Crippen molar-refractivity contribution in [2.75, 3.05) is 7.11 Å². The second-order valence-corrected chi connectivity index (χ2v) is 7.31. The van der Waals surface area contributed by atoms with Gasteiger partial charge in [-0.2, -0.15) is 0 Å². The molecule has 1 fully saturated rings. The summed E-state index contributed by atoms with van der Waals surface area (Å²) in [5.41, 5.74) is 2.93. The fraction of sp³-hybridized carbons (Fsp3) is 0.435. The lowest BCUT2D eigenvalue weighted by molar-refractivity contribution is 0.0600. The number of halogens is 1. The molecule has 0 N–H and O–H groups in total. The van der Waals surface area contributed by atoms with Gasteiger partial charge in [-0.15, -0.1) is 0 Å². The van der Waals surface area contributed by atoms with E-state index in [1.54, 1.807) is 12.1 Å². The summed E-state index contributed by atoms with van der Waals surface area (Å²) in [6, 6.07) is 12.7. The normalized spacial score (nSPS) is 20.0. The fourth-order valence-corrected chi connectivity index (χ4v) is 4.12. The second kappa shape index (κ2) is 8.48. The number of carbonyl (C=O) groups excluding carboxylic acids is 1. The van der Waals surface area contributed by atoms with Crippen LogP contribution < -0.4 is 0 Å². The molecule has 0 atom stereocenters. The lowest BCUT2D eigenvalue weighted by Crippen LogP contribution is -2.13. The molecule has 0 spiro atoms. The first-order valence-electron chi connectivity index (χ1n) is 9.60. The zero-order chi connectivity index (χ0) is 18.5. The van der Waals surface area contributed by atoms with Gasteiger partial charge < -0.3 is 4.74 Å². The number of hydrogen-bond acceptors (Lipinski definition) is 2.